The molecule has 0 aliphatic carbocycles. The molecule has 1 unspecified atom stereocenters. The Balaban J connectivity index is 1.66. The number of aromatic nitrogens is 2. The summed E-state index contributed by atoms with van der Waals surface area (Å²) in [6.45, 7) is 4.37. The zero-order chi connectivity index (χ0) is 19.2. The van der Waals surface area contributed by atoms with Gasteiger partial charge in [-0.25, -0.2) is 4.98 Å². The summed E-state index contributed by atoms with van der Waals surface area (Å²) in [6, 6.07) is 13.1. The van der Waals surface area contributed by atoms with Gasteiger partial charge in [0.1, 0.15) is 5.82 Å². The van der Waals surface area contributed by atoms with Crippen LogP contribution < -0.4 is 14.8 Å². The maximum absolute atomic E-state index is 12.2. The van der Waals surface area contributed by atoms with Crippen molar-refractivity contribution in [3.8, 4) is 11.5 Å². The van der Waals surface area contributed by atoms with E-state index in [1.54, 1.807) is 13.2 Å². The topological polar surface area (TPSA) is 76.2 Å². The number of aromatic amines is 1. The van der Waals surface area contributed by atoms with Crippen LogP contribution in [0.2, 0.25) is 0 Å². The summed E-state index contributed by atoms with van der Waals surface area (Å²) in [7, 11) is 1.59. The number of para-hydroxylation sites is 2. The Bertz CT molecular complexity index is 929. The van der Waals surface area contributed by atoms with Gasteiger partial charge in [0.25, 0.3) is 0 Å². The number of rotatable bonds is 7. The molecule has 1 amide bonds. The zero-order valence-electron chi connectivity index (χ0n) is 15.7. The van der Waals surface area contributed by atoms with Crippen LogP contribution in [0.1, 0.15) is 31.3 Å². The Labute approximate surface area is 158 Å². The fourth-order valence-corrected chi connectivity index (χ4v) is 2.74. The van der Waals surface area contributed by atoms with Crippen molar-refractivity contribution in [3.05, 3.63) is 59.9 Å². The van der Waals surface area contributed by atoms with Crippen molar-refractivity contribution in [3.63, 3.8) is 0 Å². The van der Waals surface area contributed by atoms with Crippen molar-refractivity contribution in [2.45, 2.75) is 19.9 Å². The van der Waals surface area contributed by atoms with Gasteiger partial charge in [-0.05, 0) is 49.8 Å². The van der Waals surface area contributed by atoms with Gasteiger partial charge in [0.05, 0.1) is 30.8 Å². The van der Waals surface area contributed by atoms with E-state index in [2.05, 4.69) is 15.3 Å². The molecule has 0 saturated carbocycles. The first-order valence-corrected chi connectivity index (χ1v) is 8.84. The summed E-state index contributed by atoms with van der Waals surface area (Å²) in [4.78, 5) is 20.0. The second-order valence-electron chi connectivity index (χ2n) is 6.05. The highest BCUT2D eigenvalue weighted by molar-refractivity contribution is 5.92. The number of H-pyrrole nitrogens is 1. The molecule has 6 nitrogen and oxygen atoms in total. The number of imidazole rings is 1. The highest BCUT2D eigenvalue weighted by Gasteiger charge is 2.12. The Kier molecular flexibility index (Phi) is 5.76. The van der Waals surface area contributed by atoms with Crippen molar-refractivity contribution < 1.29 is 14.3 Å². The Morgan fingerprint density at radius 1 is 1.26 bits per heavy atom. The number of fused-ring (bicyclic) bond motifs is 1. The molecule has 1 heterocycles. The maximum atomic E-state index is 12.2. The quantitative estimate of drug-likeness (QED) is 0.623. The lowest BCUT2D eigenvalue weighted by molar-refractivity contribution is -0.117. The minimum Gasteiger partial charge on any atom is -0.493 e. The van der Waals surface area contributed by atoms with Gasteiger partial charge in [-0.3, -0.25) is 4.79 Å². The van der Waals surface area contributed by atoms with Gasteiger partial charge in [0.15, 0.2) is 11.5 Å². The molecular formula is C21H23N3O3. The third-order valence-corrected chi connectivity index (χ3v) is 4.09. The van der Waals surface area contributed by atoms with Gasteiger partial charge >= 0.3 is 0 Å². The lowest BCUT2D eigenvalue weighted by Crippen LogP contribution is -2.25. The van der Waals surface area contributed by atoms with E-state index < -0.39 is 0 Å². The minimum atomic E-state index is -0.232. The molecule has 140 valence electrons. The average molecular weight is 365 g/mol. The number of carbonyl (C=O) groups excluding carboxylic acids is 1. The summed E-state index contributed by atoms with van der Waals surface area (Å²) < 4.78 is 10.8. The molecule has 0 saturated heterocycles. The van der Waals surface area contributed by atoms with E-state index >= 15 is 0 Å². The first-order chi connectivity index (χ1) is 13.1. The predicted molar refractivity (Wildman–Crippen MR) is 106 cm³/mol. The van der Waals surface area contributed by atoms with Crippen LogP contribution in [-0.4, -0.2) is 29.6 Å². The fraction of sp³-hybridized carbons (Fsp3) is 0.238. The monoisotopic (exact) mass is 365 g/mol. The molecule has 3 rings (SSSR count). The number of amides is 1. The van der Waals surface area contributed by atoms with Gasteiger partial charge in [-0.1, -0.05) is 18.2 Å². The van der Waals surface area contributed by atoms with Crippen LogP contribution in [0.5, 0.6) is 11.5 Å². The second kappa shape index (κ2) is 8.40. The largest absolute Gasteiger partial charge is 0.493 e. The summed E-state index contributed by atoms with van der Waals surface area (Å²) in [5, 5.41) is 2.91. The number of methoxy groups -OCH3 is 1. The Morgan fingerprint density at radius 3 is 2.81 bits per heavy atom. The summed E-state index contributed by atoms with van der Waals surface area (Å²) in [5.41, 5.74) is 2.68. The smallest absolute Gasteiger partial charge is 0.244 e. The highest BCUT2D eigenvalue weighted by Crippen LogP contribution is 2.28. The standard InChI is InChI=1S/C21H23N3O3/c1-4-27-18-11-9-15(13-19(18)26-3)10-12-20(25)22-14(2)21-23-16-7-5-6-8-17(16)24-21/h5-14H,4H2,1-3H3,(H,22,25)(H,23,24)/b12-10+. The molecule has 0 bridgehead atoms. The molecule has 2 N–H and O–H groups in total. The van der Waals surface area contributed by atoms with E-state index in [0.29, 0.717) is 18.1 Å². The molecule has 1 aromatic heterocycles. The molecule has 0 aliphatic heterocycles. The molecule has 0 spiro atoms. The van der Waals surface area contributed by atoms with E-state index in [9.17, 15) is 4.79 Å². The first kappa shape index (κ1) is 18.5. The van der Waals surface area contributed by atoms with Crippen LogP contribution >= 0.6 is 0 Å². The third-order valence-electron chi connectivity index (χ3n) is 4.09. The van der Waals surface area contributed by atoms with Crippen molar-refractivity contribution in [2.75, 3.05) is 13.7 Å². The van der Waals surface area contributed by atoms with Gasteiger partial charge in [-0.15, -0.1) is 0 Å². The predicted octanol–water partition coefficient (Wildman–Crippen LogP) is 3.86. The minimum absolute atomic E-state index is 0.198. The zero-order valence-corrected chi connectivity index (χ0v) is 15.7. The summed E-state index contributed by atoms with van der Waals surface area (Å²) in [6.07, 6.45) is 3.23. The number of hydrogen-bond acceptors (Lipinski definition) is 4. The van der Waals surface area contributed by atoms with Gasteiger partial charge in [0, 0.05) is 6.08 Å². The van der Waals surface area contributed by atoms with Crippen molar-refractivity contribution >= 4 is 23.0 Å². The third kappa shape index (κ3) is 4.47. The highest BCUT2D eigenvalue weighted by atomic mass is 16.5. The SMILES string of the molecule is CCOc1ccc(/C=C/C(=O)NC(C)c2nc3ccccc3[nH]2)cc1OC. The molecule has 6 heteroatoms. The number of benzene rings is 2. The molecule has 1 atom stereocenters. The van der Waals surface area contributed by atoms with Gasteiger partial charge < -0.3 is 19.8 Å². The number of hydrogen-bond donors (Lipinski definition) is 2. The molecular weight excluding hydrogens is 342 g/mol. The molecule has 0 radical (unpaired) electrons. The van der Waals surface area contributed by atoms with E-state index in [1.165, 1.54) is 6.08 Å². The molecule has 0 aliphatic rings. The van der Waals surface area contributed by atoms with Crippen molar-refractivity contribution in [1.29, 1.82) is 0 Å². The van der Waals surface area contributed by atoms with Crippen LogP contribution in [0, 0.1) is 0 Å². The molecule has 2 aromatic carbocycles. The number of carbonyl (C=O) groups is 1. The average Bonchev–Trinajstić information content (AvgIpc) is 3.12. The molecule has 3 aromatic rings. The normalized spacial score (nSPS) is 12.3. The van der Waals surface area contributed by atoms with E-state index in [4.69, 9.17) is 9.47 Å². The second-order valence-corrected chi connectivity index (χ2v) is 6.05. The van der Waals surface area contributed by atoms with Crippen molar-refractivity contribution in [2.24, 2.45) is 0 Å². The Hall–Kier alpha value is -3.28. The van der Waals surface area contributed by atoms with E-state index in [1.807, 2.05) is 56.3 Å². The summed E-state index contributed by atoms with van der Waals surface area (Å²) in [5.74, 6) is 1.84. The van der Waals surface area contributed by atoms with Crippen LogP contribution in [0.4, 0.5) is 0 Å². The van der Waals surface area contributed by atoms with Gasteiger partial charge in [-0.2, -0.15) is 0 Å². The van der Waals surface area contributed by atoms with Gasteiger partial charge in [0.2, 0.25) is 5.91 Å². The van der Waals surface area contributed by atoms with Crippen LogP contribution in [0.25, 0.3) is 17.1 Å². The molecule has 27 heavy (non-hydrogen) atoms. The first-order valence-electron chi connectivity index (χ1n) is 8.84. The van der Waals surface area contributed by atoms with E-state index in [-0.39, 0.29) is 11.9 Å². The van der Waals surface area contributed by atoms with Crippen molar-refractivity contribution in [1.82, 2.24) is 15.3 Å². The fourth-order valence-electron chi connectivity index (χ4n) is 2.74. The Morgan fingerprint density at radius 2 is 2.07 bits per heavy atom. The lowest BCUT2D eigenvalue weighted by atomic mass is 10.2. The summed E-state index contributed by atoms with van der Waals surface area (Å²) >= 11 is 0. The lowest BCUT2D eigenvalue weighted by Gasteiger charge is -2.10. The number of nitrogens with zero attached hydrogens (tertiary/aromatic N) is 1. The van der Waals surface area contributed by atoms with E-state index in [0.717, 1.165) is 22.4 Å². The van der Waals surface area contributed by atoms with Crippen LogP contribution in [0.3, 0.4) is 0 Å². The number of nitrogens with one attached hydrogen (secondary N) is 2. The molecule has 0 fully saturated rings. The van der Waals surface area contributed by atoms with Crippen LogP contribution in [0.15, 0.2) is 48.5 Å². The maximum Gasteiger partial charge on any atom is 0.244 e. The number of ether oxygens (including phenoxy) is 2. The van der Waals surface area contributed by atoms with Crippen LogP contribution in [-0.2, 0) is 4.79 Å².